The molecule has 0 N–H and O–H groups in total. The number of anilines is 3. The molecule has 0 radical (unpaired) electrons. The van der Waals surface area contributed by atoms with Crippen molar-refractivity contribution in [3.63, 3.8) is 0 Å². The zero-order valence-corrected chi connectivity index (χ0v) is 19.0. The van der Waals surface area contributed by atoms with Gasteiger partial charge in [-0.05, 0) is 65.2 Å². The molecule has 4 aromatic carbocycles. The Labute approximate surface area is 203 Å². The van der Waals surface area contributed by atoms with E-state index in [9.17, 15) is 5.26 Å². The van der Waals surface area contributed by atoms with Gasteiger partial charge in [0.15, 0.2) is 0 Å². The van der Waals surface area contributed by atoms with Crippen LogP contribution in [-0.2, 0) is 0 Å². The van der Waals surface area contributed by atoms with Crippen LogP contribution in [0, 0.1) is 11.3 Å². The van der Waals surface area contributed by atoms with Gasteiger partial charge in [0, 0.05) is 33.4 Å². The first-order valence-corrected chi connectivity index (χ1v) is 11.8. The fourth-order valence-corrected chi connectivity index (χ4v) is 5.45. The van der Waals surface area contributed by atoms with Gasteiger partial charge in [-0.3, -0.25) is 4.98 Å². The third-order valence-electron chi connectivity index (χ3n) is 5.99. The van der Waals surface area contributed by atoms with Crippen LogP contribution in [0.1, 0.15) is 5.56 Å². The van der Waals surface area contributed by atoms with Crippen molar-refractivity contribution >= 4 is 28.8 Å². The third kappa shape index (κ3) is 3.53. The standard InChI is InChI=1S/C30H19N3S/c31-19-24-15-16-32-20-26(24)23-9-5-7-21(17-23)22-8-6-10-25(18-22)33-27-11-1-3-13-29(27)34-30-14-4-2-12-28(30)33/h1-18,20H. The third-order valence-corrected chi connectivity index (χ3v) is 7.12. The second-order valence-corrected chi connectivity index (χ2v) is 9.12. The number of para-hydroxylation sites is 2. The Kier molecular flexibility index (Phi) is 5.10. The number of hydrogen-bond acceptors (Lipinski definition) is 4. The van der Waals surface area contributed by atoms with Crippen LogP contribution in [0.25, 0.3) is 22.3 Å². The maximum Gasteiger partial charge on any atom is 0.0999 e. The van der Waals surface area contributed by atoms with Crippen LogP contribution in [0.15, 0.2) is 125 Å². The van der Waals surface area contributed by atoms with Crippen molar-refractivity contribution in [3.8, 4) is 28.3 Å². The molecule has 0 aliphatic carbocycles. The van der Waals surface area contributed by atoms with Gasteiger partial charge in [-0.25, -0.2) is 0 Å². The quantitative estimate of drug-likeness (QED) is 0.271. The van der Waals surface area contributed by atoms with Crippen molar-refractivity contribution in [1.82, 2.24) is 4.98 Å². The average molecular weight is 454 g/mol. The normalized spacial score (nSPS) is 11.9. The molecule has 1 aliphatic rings. The average Bonchev–Trinajstić information content (AvgIpc) is 2.91. The molecule has 0 fully saturated rings. The van der Waals surface area contributed by atoms with E-state index in [0.29, 0.717) is 5.56 Å². The molecule has 160 valence electrons. The largest absolute Gasteiger partial charge is 0.308 e. The van der Waals surface area contributed by atoms with Gasteiger partial charge >= 0.3 is 0 Å². The summed E-state index contributed by atoms with van der Waals surface area (Å²) in [6, 6.07) is 38.0. The highest BCUT2D eigenvalue weighted by Crippen LogP contribution is 2.51. The van der Waals surface area contributed by atoms with Gasteiger partial charge in [0.2, 0.25) is 0 Å². The summed E-state index contributed by atoms with van der Waals surface area (Å²) in [6.07, 6.45) is 3.41. The van der Waals surface area contributed by atoms with E-state index >= 15 is 0 Å². The summed E-state index contributed by atoms with van der Waals surface area (Å²) in [5, 5.41) is 9.52. The first kappa shape index (κ1) is 20.3. The van der Waals surface area contributed by atoms with E-state index in [2.05, 4.69) is 101 Å². The van der Waals surface area contributed by atoms with Crippen LogP contribution in [-0.4, -0.2) is 4.98 Å². The molecule has 4 heteroatoms. The molecule has 0 saturated heterocycles. The molecule has 1 aromatic heterocycles. The molecular formula is C30H19N3S. The van der Waals surface area contributed by atoms with Crippen molar-refractivity contribution < 1.29 is 0 Å². The molecule has 0 spiro atoms. The summed E-state index contributed by atoms with van der Waals surface area (Å²) in [5.41, 5.74) is 8.16. The summed E-state index contributed by atoms with van der Waals surface area (Å²) in [5.74, 6) is 0. The second kappa shape index (κ2) is 8.55. The highest BCUT2D eigenvalue weighted by molar-refractivity contribution is 7.99. The number of pyridine rings is 1. The van der Waals surface area contributed by atoms with Crippen molar-refractivity contribution in [2.24, 2.45) is 0 Å². The lowest BCUT2D eigenvalue weighted by Gasteiger charge is -2.33. The fourth-order valence-electron chi connectivity index (χ4n) is 4.40. The van der Waals surface area contributed by atoms with Crippen molar-refractivity contribution in [1.29, 1.82) is 5.26 Å². The molecule has 0 saturated carbocycles. The van der Waals surface area contributed by atoms with Gasteiger partial charge in [0.05, 0.1) is 23.0 Å². The minimum absolute atomic E-state index is 0.625. The van der Waals surface area contributed by atoms with Gasteiger partial charge in [0.1, 0.15) is 0 Å². The Balaban J connectivity index is 1.46. The lowest BCUT2D eigenvalue weighted by molar-refractivity contribution is 1.17. The van der Waals surface area contributed by atoms with Crippen molar-refractivity contribution in [2.45, 2.75) is 9.79 Å². The second-order valence-electron chi connectivity index (χ2n) is 8.04. The molecule has 0 atom stereocenters. The Morgan fingerprint density at radius 1 is 0.676 bits per heavy atom. The predicted octanol–water partition coefficient (Wildman–Crippen LogP) is 8.22. The van der Waals surface area contributed by atoms with E-state index in [1.54, 1.807) is 18.5 Å². The topological polar surface area (TPSA) is 39.9 Å². The van der Waals surface area contributed by atoms with Gasteiger partial charge in [-0.2, -0.15) is 5.26 Å². The Bertz CT molecular complexity index is 1520. The minimum atomic E-state index is 0.625. The first-order valence-electron chi connectivity index (χ1n) is 11.0. The lowest BCUT2D eigenvalue weighted by atomic mass is 9.97. The van der Waals surface area contributed by atoms with E-state index in [4.69, 9.17) is 0 Å². The zero-order chi connectivity index (χ0) is 22.9. The summed E-state index contributed by atoms with van der Waals surface area (Å²) in [6.45, 7) is 0. The summed E-state index contributed by atoms with van der Waals surface area (Å²) >= 11 is 1.81. The number of hydrogen-bond donors (Lipinski definition) is 0. The van der Waals surface area contributed by atoms with Gasteiger partial charge in [0.25, 0.3) is 0 Å². The van der Waals surface area contributed by atoms with Crippen LogP contribution in [0.3, 0.4) is 0 Å². The molecule has 34 heavy (non-hydrogen) atoms. The summed E-state index contributed by atoms with van der Waals surface area (Å²) in [4.78, 5) is 9.06. The Morgan fingerprint density at radius 3 is 2.06 bits per heavy atom. The molecule has 6 rings (SSSR count). The predicted molar refractivity (Wildman–Crippen MR) is 139 cm³/mol. The number of benzene rings is 4. The minimum Gasteiger partial charge on any atom is -0.308 e. The highest BCUT2D eigenvalue weighted by Gasteiger charge is 2.24. The van der Waals surface area contributed by atoms with Crippen molar-refractivity contribution in [3.05, 3.63) is 121 Å². The van der Waals surface area contributed by atoms with E-state index < -0.39 is 0 Å². The van der Waals surface area contributed by atoms with Crippen molar-refractivity contribution in [2.75, 3.05) is 4.90 Å². The van der Waals surface area contributed by atoms with E-state index in [1.165, 1.54) is 21.2 Å². The molecule has 0 amide bonds. The number of rotatable bonds is 3. The van der Waals surface area contributed by atoms with Crippen LogP contribution >= 0.6 is 11.8 Å². The maximum absolute atomic E-state index is 9.52. The van der Waals surface area contributed by atoms with Gasteiger partial charge in [-0.1, -0.05) is 66.4 Å². The Hall–Kier alpha value is -4.33. The first-order chi connectivity index (χ1) is 16.8. The SMILES string of the molecule is N#Cc1ccncc1-c1cccc(-c2cccc(N3c4ccccc4Sc4ccccc43)c2)c1. The van der Waals surface area contributed by atoms with E-state index in [0.717, 1.165) is 27.9 Å². The van der Waals surface area contributed by atoms with Crippen LogP contribution in [0.2, 0.25) is 0 Å². The van der Waals surface area contributed by atoms with E-state index in [1.807, 2.05) is 23.9 Å². The Morgan fingerprint density at radius 2 is 1.32 bits per heavy atom. The highest BCUT2D eigenvalue weighted by atomic mass is 32.2. The number of nitriles is 1. The smallest absolute Gasteiger partial charge is 0.0999 e. The fraction of sp³-hybridized carbons (Fsp3) is 0. The van der Waals surface area contributed by atoms with Crippen LogP contribution in [0.4, 0.5) is 17.1 Å². The maximum atomic E-state index is 9.52. The molecule has 3 nitrogen and oxygen atoms in total. The van der Waals surface area contributed by atoms with E-state index in [-0.39, 0.29) is 0 Å². The van der Waals surface area contributed by atoms with Gasteiger partial charge < -0.3 is 4.90 Å². The molecule has 5 aromatic rings. The molecule has 0 bridgehead atoms. The summed E-state index contributed by atoms with van der Waals surface area (Å²) < 4.78 is 0. The molecule has 0 unspecified atom stereocenters. The number of nitrogens with zero attached hydrogens (tertiary/aromatic N) is 3. The summed E-state index contributed by atoms with van der Waals surface area (Å²) in [7, 11) is 0. The number of fused-ring (bicyclic) bond motifs is 2. The number of aromatic nitrogens is 1. The van der Waals surface area contributed by atoms with Crippen LogP contribution < -0.4 is 4.90 Å². The lowest BCUT2D eigenvalue weighted by Crippen LogP contribution is -2.14. The monoisotopic (exact) mass is 453 g/mol. The zero-order valence-electron chi connectivity index (χ0n) is 18.2. The molecule has 1 aliphatic heterocycles. The van der Waals surface area contributed by atoms with Gasteiger partial charge in [-0.15, -0.1) is 0 Å². The molecular weight excluding hydrogens is 434 g/mol. The molecule has 2 heterocycles. The van der Waals surface area contributed by atoms with Crippen LogP contribution in [0.5, 0.6) is 0 Å².